The monoisotopic (exact) mass is 392 g/mol. The molecule has 0 atom stereocenters. The van der Waals surface area contributed by atoms with Crippen LogP contribution in [0.1, 0.15) is 15.9 Å². The normalized spacial score (nSPS) is 10.5. The first-order chi connectivity index (χ1) is 9.88. The molecule has 0 saturated heterocycles. The van der Waals surface area contributed by atoms with Crippen molar-refractivity contribution in [2.45, 2.75) is 6.61 Å². The highest BCUT2D eigenvalue weighted by Gasteiger charge is 2.11. The van der Waals surface area contributed by atoms with Gasteiger partial charge < -0.3 is 9.84 Å². The van der Waals surface area contributed by atoms with E-state index >= 15 is 0 Å². The van der Waals surface area contributed by atoms with E-state index in [0.29, 0.717) is 10.0 Å². The summed E-state index contributed by atoms with van der Waals surface area (Å²) in [5.41, 5.74) is 0.673. The van der Waals surface area contributed by atoms with Gasteiger partial charge in [0.1, 0.15) is 18.2 Å². The van der Waals surface area contributed by atoms with E-state index in [0.717, 1.165) is 6.07 Å². The van der Waals surface area contributed by atoms with Crippen LogP contribution in [0.4, 0.5) is 4.39 Å². The highest BCUT2D eigenvalue weighted by molar-refractivity contribution is 9.10. The summed E-state index contributed by atoms with van der Waals surface area (Å²) in [6.07, 6.45) is 0. The average Bonchev–Trinajstić information content (AvgIpc) is 2.42. The number of rotatable bonds is 4. The van der Waals surface area contributed by atoms with Crippen LogP contribution < -0.4 is 4.74 Å². The van der Waals surface area contributed by atoms with Crippen LogP contribution in [0.25, 0.3) is 0 Å². The molecule has 0 aliphatic carbocycles. The topological polar surface area (TPSA) is 46.5 Å². The molecule has 7 heteroatoms. The molecule has 0 unspecified atom stereocenters. The van der Waals surface area contributed by atoms with Crippen LogP contribution in [0.5, 0.6) is 5.75 Å². The van der Waals surface area contributed by atoms with Gasteiger partial charge in [-0.15, -0.1) is 0 Å². The average molecular weight is 394 g/mol. The van der Waals surface area contributed by atoms with Crippen LogP contribution in [0, 0.1) is 5.82 Å². The van der Waals surface area contributed by atoms with Crippen LogP contribution in [0.2, 0.25) is 10.0 Å². The molecule has 2 aromatic carbocycles. The van der Waals surface area contributed by atoms with E-state index in [-0.39, 0.29) is 28.0 Å². The quantitative estimate of drug-likeness (QED) is 0.728. The van der Waals surface area contributed by atoms with E-state index < -0.39 is 11.8 Å². The van der Waals surface area contributed by atoms with E-state index in [1.54, 1.807) is 6.07 Å². The van der Waals surface area contributed by atoms with Crippen molar-refractivity contribution in [1.29, 1.82) is 0 Å². The Morgan fingerprint density at radius 2 is 1.95 bits per heavy atom. The van der Waals surface area contributed by atoms with Crippen LogP contribution in [-0.2, 0) is 6.61 Å². The molecule has 0 bridgehead atoms. The van der Waals surface area contributed by atoms with Crippen molar-refractivity contribution in [3.05, 3.63) is 61.8 Å². The third-order valence-electron chi connectivity index (χ3n) is 2.66. The first-order valence-electron chi connectivity index (χ1n) is 5.67. The lowest BCUT2D eigenvalue weighted by molar-refractivity contribution is 0.0697. The predicted molar refractivity (Wildman–Crippen MR) is 81.9 cm³/mol. The molecule has 3 nitrogen and oxygen atoms in total. The van der Waals surface area contributed by atoms with Gasteiger partial charge in [0.05, 0.1) is 15.1 Å². The van der Waals surface area contributed by atoms with Crippen molar-refractivity contribution in [3.63, 3.8) is 0 Å². The van der Waals surface area contributed by atoms with Crippen molar-refractivity contribution in [3.8, 4) is 5.75 Å². The molecule has 1 N–H and O–H groups in total. The first kappa shape index (κ1) is 16.1. The molecule has 0 aromatic heterocycles. The third-order valence-corrected chi connectivity index (χ3v) is 3.92. The second-order valence-corrected chi connectivity index (χ2v) is 5.77. The summed E-state index contributed by atoms with van der Waals surface area (Å²) in [7, 11) is 0. The van der Waals surface area contributed by atoms with E-state index in [2.05, 4.69) is 15.9 Å². The molecule has 0 aliphatic rings. The Hall–Kier alpha value is -1.30. The molecule has 2 rings (SSSR count). The molecular formula is C14H8BrCl2FO3. The smallest absolute Gasteiger partial charge is 0.335 e. The van der Waals surface area contributed by atoms with Gasteiger partial charge in [0.25, 0.3) is 0 Å². The molecule has 0 saturated carbocycles. The minimum Gasteiger partial charge on any atom is -0.488 e. The number of halogens is 4. The van der Waals surface area contributed by atoms with Crippen LogP contribution >= 0.6 is 39.1 Å². The Balaban J connectivity index is 2.17. The van der Waals surface area contributed by atoms with Gasteiger partial charge in [0.15, 0.2) is 0 Å². The Kier molecular flexibility index (Phi) is 5.08. The maximum Gasteiger partial charge on any atom is 0.335 e. The van der Waals surface area contributed by atoms with Crippen molar-refractivity contribution in [1.82, 2.24) is 0 Å². The number of aromatic carboxylic acids is 1. The zero-order valence-corrected chi connectivity index (χ0v) is 13.5. The summed E-state index contributed by atoms with van der Waals surface area (Å²) in [5, 5.41) is 9.10. The summed E-state index contributed by atoms with van der Waals surface area (Å²) >= 11 is 14.8. The number of carbonyl (C=O) groups is 1. The van der Waals surface area contributed by atoms with Gasteiger partial charge in [-0.2, -0.15) is 0 Å². The number of ether oxygens (including phenoxy) is 1. The molecule has 110 valence electrons. The lowest BCUT2D eigenvalue weighted by atomic mass is 10.1. The van der Waals surface area contributed by atoms with Crippen LogP contribution in [-0.4, -0.2) is 11.1 Å². The minimum absolute atomic E-state index is 0.0157. The van der Waals surface area contributed by atoms with E-state index in [4.69, 9.17) is 33.0 Å². The molecule has 0 radical (unpaired) electrons. The van der Waals surface area contributed by atoms with Crippen molar-refractivity contribution in [2.24, 2.45) is 0 Å². The second kappa shape index (κ2) is 6.64. The molecule has 0 aliphatic heterocycles. The zero-order chi connectivity index (χ0) is 15.6. The second-order valence-electron chi connectivity index (χ2n) is 4.10. The molecule has 0 amide bonds. The highest BCUT2D eigenvalue weighted by Crippen LogP contribution is 2.31. The standard InChI is InChI=1S/C14H8BrCl2FO3/c15-9-4-11(17)12(18)5-13(9)21-6-8-2-1-7(14(19)20)3-10(8)16/h1-5H,6H2,(H,19,20). The lowest BCUT2D eigenvalue weighted by Gasteiger charge is -2.10. The fourth-order valence-electron chi connectivity index (χ4n) is 1.57. The largest absolute Gasteiger partial charge is 0.488 e. The number of carboxylic acids is 1. The van der Waals surface area contributed by atoms with Gasteiger partial charge >= 0.3 is 5.97 Å². The lowest BCUT2D eigenvalue weighted by Crippen LogP contribution is -2.01. The van der Waals surface area contributed by atoms with Crippen molar-refractivity contribution in [2.75, 3.05) is 0 Å². The van der Waals surface area contributed by atoms with E-state index in [9.17, 15) is 9.18 Å². The van der Waals surface area contributed by atoms with E-state index in [1.165, 1.54) is 18.2 Å². The summed E-state index contributed by atoms with van der Waals surface area (Å²) in [6, 6.07) is 6.85. The number of benzene rings is 2. The molecular weight excluding hydrogens is 386 g/mol. The minimum atomic E-state index is -1.06. The molecule has 2 aromatic rings. The number of hydrogen-bond acceptors (Lipinski definition) is 2. The van der Waals surface area contributed by atoms with E-state index in [1.807, 2.05) is 0 Å². The first-order valence-corrected chi connectivity index (χ1v) is 7.22. The molecule has 0 fully saturated rings. The Labute approximate surface area is 138 Å². The maximum absolute atomic E-state index is 13.4. The molecule has 21 heavy (non-hydrogen) atoms. The fourth-order valence-corrected chi connectivity index (χ4v) is 2.56. The molecule has 0 spiro atoms. The summed E-state index contributed by atoms with van der Waals surface area (Å²) in [5.74, 6) is -1.38. The number of carboxylic acid groups (broad SMARTS) is 1. The highest BCUT2D eigenvalue weighted by atomic mass is 79.9. The Bertz CT molecular complexity index is 707. The van der Waals surface area contributed by atoms with Gasteiger partial charge in [-0.05, 0) is 34.1 Å². The maximum atomic E-state index is 13.4. The third kappa shape index (κ3) is 3.87. The summed E-state index contributed by atoms with van der Waals surface area (Å²) < 4.78 is 19.4. The Morgan fingerprint density at radius 3 is 2.57 bits per heavy atom. The number of hydrogen-bond donors (Lipinski definition) is 1. The van der Waals surface area contributed by atoms with Crippen LogP contribution in [0.3, 0.4) is 0 Å². The van der Waals surface area contributed by atoms with Gasteiger partial charge in [0, 0.05) is 16.7 Å². The van der Waals surface area contributed by atoms with Gasteiger partial charge in [-0.1, -0.05) is 29.3 Å². The zero-order valence-electron chi connectivity index (χ0n) is 10.4. The van der Waals surface area contributed by atoms with Crippen LogP contribution in [0.15, 0.2) is 34.8 Å². The predicted octanol–water partition coefficient (Wildman–Crippen LogP) is 5.17. The van der Waals surface area contributed by atoms with Crippen molar-refractivity contribution < 1.29 is 19.0 Å². The Morgan fingerprint density at radius 1 is 1.24 bits per heavy atom. The SMILES string of the molecule is O=C(O)c1ccc(COc2cc(F)c(Cl)cc2Br)c(Cl)c1. The van der Waals surface area contributed by atoms with Crippen molar-refractivity contribution >= 4 is 45.1 Å². The van der Waals surface area contributed by atoms with Gasteiger partial charge in [-0.25, -0.2) is 9.18 Å². The summed E-state index contributed by atoms with van der Waals surface area (Å²) in [6.45, 7) is 0.0679. The summed E-state index contributed by atoms with van der Waals surface area (Å²) in [4.78, 5) is 10.8. The molecule has 0 heterocycles. The van der Waals surface area contributed by atoms with Gasteiger partial charge in [0.2, 0.25) is 0 Å². The van der Waals surface area contributed by atoms with Gasteiger partial charge in [-0.3, -0.25) is 0 Å². The fraction of sp³-hybridized carbons (Fsp3) is 0.0714.